The maximum absolute atomic E-state index is 2.47. The van der Waals surface area contributed by atoms with Crippen molar-refractivity contribution in [2.45, 2.75) is 66.2 Å². The van der Waals surface area contributed by atoms with Crippen molar-refractivity contribution in [1.29, 1.82) is 0 Å². The summed E-state index contributed by atoms with van der Waals surface area (Å²) in [5.41, 5.74) is 4.11. The second-order valence-electron chi connectivity index (χ2n) is 8.10. The smallest absolute Gasteiger partial charge is 0.00106 e. The molecular formula is C18H28. The zero-order valence-electron chi connectivity index (χ0n) is 13.1. The van der Waals surface area contributed by atoms with Gasteiger partial charge in [-0.15, -0.1) is 0 Å². The molecule has 0 bridgehead atoms. The average Bonchev–Trinajstić information content (AvgIpc) is 2.37. The molecule has 0 aliphatic heterocycles. The van der Waals surface area contributed by atoms with E-state index in [1.807, 2.05) is 0 Å². The summed E-state index contributed by atoms with van der Waals surface area (Å²) in [5.74, 6) is 0.640. The monoisotopic (exact) mass is 244 g/mol. The van der Waals surface area contributed by atoms with Gasteiger partial charge in [0.05, 0.1) is 0 Å². The Morgan fingerprint density at radius 1 is 1.06 bits per heavy atom. The van der Waals surface area contributed by atoms with Crippen molar-refractivity contribution in [1.82, 2.24) is 0 Å². The summed E-state index contributed by atoms with van der Waals surface area (Å²) < 4.78 is 0. The van der Waals surface area contributed by atoms with Gasteiger partial charge in [-0.2, -0.15) is 0 Å². The van der Waals surface area contributed by atoms with E-state index < -0.39 is 0 Å². The second-order valence-corrected chi connectivity index (χ2v) is 8.10. The third-order valence-electron chi connectivity index (χ3n) is 5.41. The molecule has 0 N–H and O–H groups in total. The van der Waals surface area contributed by atoms with Crippen molar-refractivity contribution in [3.8, 4) is 0 Å². The molecule has 1 aliphatic carbocycles. The lowest BCUT2D eigenvalue weighted by molar-refractivity contribution is 0.117. The molecule has 1 aromatic carbocycles. The highest BCUT2D eigenvalue weighted by atomic mass is 14.6. The first kappa shape index (κ1) is 13.6. The fourth-order valence-corrected chi connectivity index (χ4v) is 3.97. The Bertz CT molecular complexity index is 447. The number of hydrogen-bond acceptors (Lipinski definition) is 0. The summed E-state index contributed by atoms with van der Waals surface area (Å²) in [5, 5.41) is 0. The van der Waals surface area contributed by atoms with Gasteiger partial charge >= 0.3 is 0 Å². The van der Waals surface area contributed by atoms with E-state index in [0.717, 1.165) is 0 Å². The molecule has 0 fully saturated rings. The lowest BCUT2D eigenvalue weighted by atomic mass is 9.59. The minimum Gasteiger partial charge on any atom is -0.0620 e. The normalized spacial score (nSPS) is 30.3. The highest BCUT2D eigenvalue weighted by molar-refractivity contribution is 5.45. The summed E-state index contributed by atoms with van der Waals surface area (Å²) in [6, 6.07) is 9.07. The first-order valence-corrected chi connectivity index (χ1v) is 7.19. The highest BCUT2D eigenvalue weighted by Crippen LogP contribution is 2.61. The maximum Gasteiger partial charge on any atom is -0.00106 e. The van der Waals surface area contributed by atoms with Gasteiger partial charge in [-0.05, 0) is 39.7 Å². The van der Waals surface area contributed by atoms with E-state index in [-0.39, 0.29) is 5.41 Å². The van der Waals surface area contributed by atoms with Crippen LogP contribution in [0.2, 0.25) is 0 Å². The van der Waals surface area contributed by atoms with Gasteiger partial charge in [0.1, 0.15) is 0 Å². The van der Waals surface area contributed by atoms with Gasteiger partial charge in [0.2, 0.25) is 0 Å². The summed E-state index contributed by atoms with van der Waals surface area (Å²) in [4.78, 5) is 0. The van der Waals surface area contributed by atoms with Crippen molar-refractivity contribution in [3.05, 3.63) is 35.4 Å². The third-order valence-corrected chi connectivity index (χ3v) is 5.41. The predicted molar refractivity (Wildman–Crippen MR) is 80.1 cm³/mol. The van der Waals surface area contributed by atoms with E-state index in [1.54, 1.807) is 11.1 Å². The second kappa shape index (κ2) is 3.85. The van der Waals surface area contributed by atoms with E-state index in [0.29, 0.717) is 16.7 Å². The molecule has 0 aromatic heterocycles. The van der Waals surface area contributed by atoms with Crippen molar-refractivity contribution in [3.63, 3.8) is 0 Å². The number of fused-ring (bicyclic) bond motifs is 1. The van der Waals surface area contributed by atoms with Crippen LogP contribution in [-0.2, 0) is 5.41 Å². The zero-order valence-corrected chi connectivity index (χ0v) is 13.1. The van der Waals surface area contributed by atoms with Crippen molar-refractivity contribution in [2.24, 2.45) is 10.8 Å². The van der Waals surface area contributed by atoms with E-state index >= 15 is 0 Å². The molecule has 0 spiro atoms. The van der Waals surface area contributed by atoms with Crippen LogP contribution in [0.25, 0.3) is 0 Å². The number of rotatable bonds is 1. The summed E-state index contributed by atoms with van der Waals surface area (Å²) in [7, 11) is 0. The molecule has 0 saturated carbocycles. The van der Waals surface area contributed by atoms with Gasteiger partial charge in [-0.25, -0.2) is 0 Å². The van der Waals surface area contributed by atoms with E-state index in [9.17, 15) is 0 Å². The molecule has 1 aromatic rings. The quantitative estimate of drug-likeness (QED) is 0.610. The first-order chi connectivity index (χ1) is 8.09. The van der Waals surface area contributed by atoms with Crippen LogP contribution < -0.4 is 0 Å². The molecule has 1 aliphatic rings. The van der Waals surface area contributed by atoms with Crippen LogP contribution >= 0.6 is 0 Å². The van der Waals surface area contributed by atoms with E-state index in [2.05, 4.69) is 72.7 Å². The van der Waals surface area contributed by atoms with Crippen LogP contribution in [0.1, 0.15) is 71.9 Å². The molecule has 2 rings (SSSR count). The zero-order chi connectivity index (χ0) is 13.8. The third kappa shape index (κ3) is 1.81. The molecule has 0 saturated heterocycles. The van der Waals surface area contributed by atoms with Crippen LogP contribution in [0, 0.1) is 10.8 Å². The largest absolute Gasteiger partial charge is 0.0620 e. The lowest BCUT2D eigenvalue weighted by Crippen LogP contribution is -2.40. The fraction of sp³-hybridized carbons (Fsp3) is 0.667. The molecular weight excluding hydrogens is 216 g/mol. The Kier molecular flexibility index (Phi) is 2.92. The molecule has 18 heavy (non-hydrogen) atoms. The molecule has 0 radical (unpaired) electrons. The molecule has 0 heterocycles. The molecule has 100 valence electrons. The van der Waals surface area contributed by atoms with Gasteiger partial charge in [0.15, 0.2) is 0 Å². The first-order valence-electron chi connectivity index (χ1n) is 7.19. The maximum atomic E-state index is 2.47. The van der Waals surface area contributed by atoms with Gasteiger partial charge < -0.3 is 0 Å². The fourth-order valence-electron chi connectivity index (χ4n) is 3.97. The van der Waals surface area contributed by atoms with Crippen LogP contribution in [0.15, 0.2) is 24.3 Å². The van der Waals surface area contributed by atoms with Gasteiger partial charge in [-0.1, -0.05) is 72.7 Å². The molecule has 0 heteroatoms. The molecule has 0 nitrogen and oxygen atoms in total. The topological polar surface area (TPSA) is 0 Å². The Morgan fingerprint density at radius 2 is 1.61 bits per heavy atom. The summed E-state index contributed by atoms with van der Waals surface area (Å²) in [6.07, 6.45) is 1.24. The summed E-state index contributed by atoms with van der Waals surface area (Å²) >= 11 is 0. The highest BCUT2D eigenvalue weighted by Gasteiger charge is 2.53. The Labute approximate surface area is 113 Å². The van der Waals surface area contributed by atoms with E-state index in [1.165, 1.54) is 6.42 Å². The Hall–Kier alpha value is -0.780. The standard InChI is InChI=1S/C18H28/c1-13-14-10-8-9-11-15(14)18(7,17(13,5)6)12-16(2,3)4/h8-11,13H,12H2,1-7H3. The number of hydrogen-bond donors (Lipinski definition) is 0. The molecule has 2 atom stereocenters. The molecule has 0 amide bonds. The molecule has 2 unspecified atom stereocenters. The lowest BCUT2D eigenvalue weighted by Gasteiger charge is -2.45. The van der Waals surface area contributed by atoms with Gasteiger partial charge in [-0.3, -0.25) is 0 Å². The van der Waals surface area contributed by atoms with Crippen LogP contribution in [0.5, 0.6) is 0 Å². The van der Waals surface area contributed by atoms with Crippen LogP contribution in [0.4, 0.5) is 0 Å². The van der Waals surface area contributed by atoms with Crippen LogP contribution in [0.3, 0.4) is 0 Å². The van der Waals surface area contributed by atoms with Gasteiger partial charge in [0.25, 0.3) is 0 Å². The average molecular weight is 244 g/mol. The predicted octanol–water partition coefficient (Wildman–Crippen LogP) is 5.52. The minimum atomic E-state index is 0.279. The Balaban J connectivity index is 2.58. The van der Waals surface area contributed by atoms with Crippen molar-refractivity contribution < 1.29 is 0 Å². The minimum absolute atomic E-state index is 0.279. The SMILES string of the molecule is CC1c2ccccc2C(C)(CC(C)(C)C)C1(C)C. The van der Waals surface area contributed by atoms with E-state index in [4.69, 9.17) is 0 Å². The van der Waals surface area contributed by atoms with Crippen molar-refractivity contribution >= 4 is 0 Å². The Morgan fingerprint density at radius 3 is 2.17 bits per heavy atom. The summed E-state index contributed by atoms with van der Waals surface area (Å²) in [6.45, 7) is 16.8. The van der Waals surface area contributed by atoms with Crippen molar-refractivity contribution in [2.75, 3.05) is 0 Å². The number of benzene rings is 1. The van der Waals surface area contributed by atoms with Gasteiger partial charge in [0, 0.05) is 0 Å². The van der Waals surface area contributed by atoms with Crippen LogP contribution in [-0.4, -0.2) is 0 Å².